The summed E-state index contributed by atoms with van der Waals surface area (Å²) in [5.41, 5.74) is 1.84. The van der Waals surface area contributed by atoms with Gasteiger partial charge in [-0.25, -0.2) is 9.31 Å². The van der Waals surface area contributed by atoms with Crippen molar-refractivity contribution in [1.29, 1.82) is 0 Å². The number of aryl methyl sites for hydroxylation is 1. The Hall–Kier alpha value is -2.96. The molecule has 0 aliphatic rings. The first-order chi connectivity index (χ1) is 10.0. The molecule has 7 heteroatoms. The number of hydrogen-bond donors (Lipinski definition) is 1. The Morgan fingerprint density at radius 2 is 2.14 bits per heavy atom. The Kier molecular flexibility index (Phi) is 3.02. The second-order valence-corrected chi connectivity index (χ2v) is 4.69. The zero-order chi connectivity index (χ0) is 15.0. The number of carbonyl (C=O) groups is 1. The van der Waals surface area contributed by atoms with Crippen LogP contribution < -0.4 is 5.56 Å². The predicted octanol–water partition coefficient (Wildman–Crippen LogP) is 0.946. The lowest BCUT2D eigenvalue weighted by Crippen LogP contribution is -2.22. The average molecular weight is 284 g/mol. The second-order valence-electron chi connectivity index (χ2n) is 4.69. The lowest BCUT2D eigenvalue weighted by Gasteiger charge is -2.05. The van der Waals surface area contributed by atoms with Gasteiger partial charge < -0.3 is 9.67 Å². The van der Waals surface area contributed by atoms with E-state index < -0.39 is 5.97 Å². The molecule has 0 saturated heterocycles. The molecule has 0 aliphatic heterocycles. The second kappa shape index (κ2) is 4.86. The van der Waals surface area contributed by atoms with Crippen LogP contribution in [0.2, 0.25) is 0 Å². The highest BCUT2D eigenvalue weighted by atomic mass is 16.4. The first-order valence-corrected chi connectivity index (χ1v) is 6.28. The van der Waals surface area contributed by atoms with Gasteiger partial charge in [0.25, 0.3) is 5.56 Å². The summed E-state index contributed by atoms with van der Waals surface area (Å²) in [6.07, 6.45) is 4.62. The van der Waals surface area contributed by atoms with Gasteiger partial charge in [-0.1, -0.05) is 0 Å². The molecule has 0 aromatic carbocycles. The van der Waals surface area contributed by atoms with Crippen LogP contribution in [0.5, 0.6) is 0 Å². The molecular weight excluding hydrogens is 272 g/mol. The maximum Gasteiger partial charge on any atom is 0.337 e. The van der Waals surface area contributed by atoms with Crippen LogP contribution in [0, 0.1) is 6.92 Å². The molecule has 3 aromatic heterocycles. The van der Waals surface area contributed by atoms with E-state index in [1.807, 2.05) is 6.92 Å². The summed E-state index contributed by atoms with van der Waals surface area (Å²) in [6.45, 7) is 2.10. The number of nitrogens with zero attached hydrogens (tertiary/aromatic N) is 4. The van der Waals surface area contributed by atoms with Gasteiger partial charge in [-0.05, 0) is 25.1 Å². The molecule has 21 heavy (non-hydrogen) atoms. The first kappa shape index (κ1) is 13.0. The van der Waals surface area contributed by atoms with E-state index in [0.29, 0.717) is 11.2 Å². The Labute approximate surface area is 119 Å². The fourth-order valence-corrected chi connectivity index (χ4v) is 2.09. The number of aromatic nitrogens is 4. The van der Waals surface area contributed by atoms with Crippen LogP contribution in [-0.2, 0) is 6.54 Å². The summed E-state index contributed by atoms with van der Waals surface area (Å²) in [7, 11) is 0. The van der Waals surface area contributed by atoms with E-state index in [0.717, 1.165) is 5.69 Å². The third kappa shape index (κ3) is 2.40. The van der Waals surface area contributed by atoms with E-state index in [9.17, 15) is 9.59 Å². The topological polar surface area (TPSA) is 89.5 Å². The number of fused-ring (bicyclic) bond motifs is 1. The molecular formula is C14H12N4O3. The van der Waals surface area contributed by atoms with Gasteiger partial charge in [-0.15, -0.1) is 0 Å². The molecule has 0 aliphatic carbocycles. The summed E-state index contributed by atoms with van der Waals surface area (Å²) in [6, 6.07) is 4.79. The molecule has 0 amide bonds. The average Bonchev–Trinajstić information content (AvgIpc) is 2.84. The number of hydrogen-bond acceptors (Lipinski definition) is 4. The third-order valence-corrected chi connectivity index (χ3v) is 3.13. The fraction of sp³-hybridized carbons (Fsp3) is 0.143. The van der Waals surface area contributed by atoms with Crippen molar-refractivity contribution in [2.24, 2.45) is 0 Å². The number of pyridine rings is 1. The van der Waals surface area contributed by atoms with Gasteiger partial charge in [0, 0.05) is 18.6 Å². The van der Waals surface area contributed by atoms with Crippen LogP contribution in [0.4, 0.5) is 0 Å². The molecule has 3 rings (SSSR count). The third-order valence-electron chi connectivity index (χ3n) is 3.13. The summed E-state index contributed by atoms with van der Waals surface area (Å²) in [4.78, 5) is 27.1. The van der Waals surface area contributed by atoms with Crippen LogP contribution in [-0.4, -0.2) is 30.2 Å². The summed E-state index contributed by atoms with van der Waals surface area (Å²) in [5, 5.41) is 13.0. The van der Waals surface area contributed by atoms with E-state index in [-0.39, 0.29) is 17.7 Å². The van der Waals surface area contributed by atoms with Crippen LogP contribution in [0.3, 0.4) is 0 Å². The van der Waals surface area contributed by atoms with Crippen molar-refractivity contribution in [2.45, 2.75) is 13.5 Å². The minimum absolute atomic E-state index is 0.118. The molecule has 3 aromatic rings. The highest BCUT2D eigenvalue weighted by molar-refractivity contribution is 5.87. The maximum atomic E-state index is 12.3. The lowest BCUT2D eigenvalue weighted by molar-refractivity contribution is 0.0696. The SMILES string of the molecule is Cc1cc2c(=O)n(Cc3ccc(C(=O)O)cn3)ccn2n1. The van der Waals surface area contributed by atoms with Crippen molar-refractivity contribution in [3.8, 4) is 0 Å². The van der Waals surface area contributed by atoms with Crippen LogP contribution in [0.1, 0.15) is 21.7 Å². The van der Waals surface area contributed by atoms with Gasteiger partial charge in [-0.2, -0.15) is 5.10 Å². The normalized spacial score (nSPS) is 10.9. The van der Waals surface area contributed by atoms with Gasteiger partial charge in [0.05, 0.1) is 23.5 Å². The Morgan fingerprint density at radius 3 is 2.81 bits per heavy atom. The molecule has 0 saturated carbocycles. The van der Waals surface area contributed by atoms with Gasteiger partial charge in [0.15, 0.2) is 0 Å². The zero-order valence-corrected chi connectivity index (χ0v) is 11.2. The standard InChI is InChI=1S/C14H12N4O3/c1-9-6-12-13(19)17(4-5-18(12)16-9)8-11-3-2-10(7-15-11)14(20)21/h2-7H,8H2,1H3,(H,20,21). The summed E-state index contributed by atoms with van der Waals surface area (Å²) in [5.74, 6) is -1.03. The van der Waals surface area contributed by atoms with Crippen LogP contribution in [0.15, 0.2) is 41.6 Å². The maximum absolute atomic E-state index is 12.3. The van der Waals surface area contributed by atoms with E-state index >= 15 is 0 Å². The molecule has 0 spiro atoms. The Morgan fingerprint density at radius 1 is 1.33 bits per heavy atom. The number of carboxylic acid groups (broad SMARTS) is 1. The molecule has 0 bridgehead atoms. The quantitative estimate of drug-likeness (QED) is 0.773. The molecule has 0 radical (unpaired) electrons. The molecule has 0 fully saturated rings. The largest absolute Gasteiger partial charge is 0.478 e. The first-order valence-electron chi connectivity index (χ1n) is 6.28. The van der Waals surface area contributed by atoms with E-state index in [1.54, 1.807) is 24.5 Å². The van der Waals surface area contributed by atoms with Gasteiger partial charge in [-0.3, -0.25) is 9.78 Å². The molecule has 0 unspecified atom stereocenters. The van der Waals surface area contributed by atoms with Crippen molar-refractivity contribution >= 4 is 11.5 Å². The molecule has 7 nitrogen and oxygen atoms in total. The highest BCUT2D eigenvalue weighted by Gasteiger charge is 2.07. The fourth-order valence-electron chi connectivity index (χ4n) is 2.09. The van der Waals surface area contributed by atoms with Crippen molar-refractivity contribution in [1.82, 2.24) is 19.2 Å². The number of rotatable bonds is 3. The summed E-state index contributed by atoms with van der Waals surface area (Å²) >= 11 is 0. The molecule has 1 N–H and O–H groups in total. The minimum Gasteiger partial charge on any atom is -0.478 e. The van der Waals surface area contributed by atoms with Gasteiger partial charge in [0.1, 0.15) is 5.52 Å². The number of aromatic carboxylic acids is 1. The van der Waals surface area contributed by atoms with Crippen molar-refractivity contribution in [3.05, 3.63) is 64.1 Å². The van der Waals surface area contributed by atoms with E-state index in [1.165, 1.54) is 21.3 Å². The molecule has 106 valence electrons. The highest BCUT2D eigenvalue weighted by Crippen LogP contribution is 2.04. The van der Waals surface area contributed by atoms with E-state index in [2.05, 4.69) is 10.1 Å². The zero-order valence-electron chi connectivity index (χ0n) is 11.2. The predicted molar refractivity (Wildman–Crippen MR) is 74.5 cm³/mol. The molecule has 3 heterocycles. The monoisotopic (exact) mass is 284 g/mol. The van der Waals surface area contributed by atoms with Crippen LogP contribution >= 0.6 is 0 Å². The van der Waals surface area contributed by atoms with Gasteiger partial charge in [0.2, 0.25) is 0 Å². The Bertz CT molecular complexity index is 877. The Balaban J connectivity index is 1.96. The van der Waals surface area contributed by atoms with Crippen molar-refractivity contribution in [2.75, 3.05) is 0 Å². The summed E-state index contributed by atoms with van der Waals surface area (Å²) < 4.78 is 3.05. The van der Waals surface area contributed by atoms with Crippen molar-refractivity contribution in [3.63, 3.8) is 0 Å². The lowest BCUT2D eigenvalue weighted by atomic mass is 10.2. The van der Waals surface area contributed by atoms with Crippen LogP contribution in [0.25, 0.3) is 5.52 Å². The van der Waals surface area contributed by atoms with Crippen molar-refractivity contribution < 1.29 is 9.90 Å². The van der Waals surface area contributed by atoms with E-state index in [4.69, 9.17) is 5.11 Å². The smallest absolute Gasteiger partial charge is 0.337 e. The minimum atomic E-state index is -1.03. The van der Waals surface area contributed by atoms with Gasteiger partial charge >= 0.3 is 5.97 Å². The number of carboxylic acids is 1. The molecule has 0 atom stereocenters.